The molecule has 6 nitrogen and oxygen atoms in total. The Morgan fingerprint density at radius 3 is 2.00 bits per heavy atom. The lowest BCUT2D eigenvalue weighted by molar-refractivity contribution is -0.411. The summed E-state index contributed by atoms with van der Waals surface area (Å²) in [6, 6.07) is 0. The molecule has 0 saturated carbocycles. The van der Waals surface area contributed by atoms with Crippen LogP contribution in [0, 0.1) is 10.1 Å². The molecule has 0 bridgehead atoms. The molecule has 0 aromatic rings. The van der Waals surface area contributed by atoms with E-state index in [2.05, 4.69) is 6.58 Å². The van der Waals surface area contributed by atoms with Crippen LogP contribution in [0.25, 0.3) is 0 Å². The van der Waals surface area contributed by atoms with Crippen LogP contribution < -0.4 is 0 Å². The second kappa shape index (κ2) is 2.11. The van der Waals surface area contributed by atoms with E-state index in [-0.39, 0.29) is 0 Å². The highest BCUT2D eigenvalue weighted by atomic mass is 32.2. The normalized spacial score (nSPS) is 10.8. The van der Waals surface area contributed by atoms with Gasteiger partial charge in [-0.3, -0.25) is 14.7 Å². The third-order valence-corrected chi connectivity index (χ3v) is 1.25. The smallest absolute Gasteiger partial charge is 0.277 e. The molecule has 0 aromatic carbocycles. The Bertz CT molecular complexity index is 238. The van der Waals surface area contributed by atoms with Crippen LogP contribution in [0.3, 0.4) is 0 Å². The maximum atomic E-state index is 9.79. The van der Waals surface area contributed by atoms with Crippen LogP contribution in [0.4, 0.5) is 0 Å². The van der Waals surface area contributed by atoms with Crippen LogP contribution in [-0.4, -0.2) is 17.9 Å². The molecule has 0 amide bonds. The first-order chi connectivity index (χ1) is 3.85. The van der Waals surface area contributed by atoms with E-state index in [4.69, 9.17) is 4.55 Å². The number of nitrogens with zero attached hydrogens (tertiary/aromatic N) is 1. The van der Waals surface area contributed by atoms with Gasteiger partial charge in [0.2, 0.25) is 0 Å². The van der Waals surface area contributed by atoms with Crippen LogP contribution in [0.5, 0.6) is 0 Å². The Hall–Kier alpha value is -0.950. The van der Waals surface area contributed by atoms with Crippen molar-refractivity contribution in [3.05, 3.63) is 21.7 Å². The molecule has 0 spiro atoms. The standard InChI is InChI=1S/C2H3NO5S/c1-2(3(4)5)9(6,7)8/h1H2,(H,6,7,8). The van der Waals surface area contributed by atoms with Crippen LogP contribution in [-0.2, 0) is 10.1 Å². The van der Waals surface area contributed by atoms with Gasteiger partial charge in [-0.15, -0.1) is 0 Å². The molecule has 52 valence electrons. The molecule has 0 unspecified atom stereocenters. The van der Waals surface area contributed by atoms with E-state index in [0.29, 0.717) is 0 Å². The number of hydrogen-bond acceptors (Lipinski definition) is 4. The van der Waals surface area contributed by atoms with Gasteiger partial charge < -0.3 is 0 Å². The van der Waals surface area contributed by atoms with Gasteiger partial charge in [0.25, 0.3) is 0 Å². The second-order valence-electron chi connectivity index (χ2n) is 1.13. The van der Waals surface area contributed by atoms with Gasteiger partial charge in [0.15, 0.2) is 0 Å². The first-order valence-electron chi connectivity index (χ1n) is 1.66. The molecular formula is C2H3NO5S. The summed E-state index contributed by atoms with van der Waals surface area (Å²) < 4.78 is 27.5. The van der Waals surface area contributed by atoms with Crippen LogP contribution in [0.1, 0.15) is 0 Å². The monoisotopic (exact) mass is 153 g/mol. The number of nitro groups is 1. The maximum absolute atomic E-state index is 9.79. The largest absolute Gasteiger partial charge is 0.378 e. The number of hydrogen-bond donors (Lipinski definition) is 1. The zero-order valence-corrected chi connectivity index (χ0v) is 4.96. The van der Waals surface area contributed by atoms with E-state index in [1.165, 1.54) is 0 Å². The molecule has 0 aliphatic rings. The van der Waals surface area contributed by atoms with E-state index >= 15 is 0 Å². The van der Waals surface area contributed by atoms with Crippen molar-refractivity contribution in [1.82, 2.24) is 0 Å². The fourth-order valence-electron chi connectivity index (χ4n) is 0.0942. The van der Waals surface area contributed by atoms with Gasteiger partial charge in [0.1, 0.15) is 0 Å². The quantitative estimate of drug-likeness (QED) is 0.331. The summed E-state index contributed by atoms with van der Waals surface area (Å²) in [5, 5.41) is 8.10. The molecule has 0 heterocycles. The average Bonchev–Trinajstić information content (AvgIpc) is 1.62. The minimum absolute atomic E-state index is 1.28. The van der Waals surface area contributed by atoms with Gasteiger partial charge in [-0.2, -0.15) is 8.42 Å². The minimum atomic E-state index is -4.70. The summed E-state index contributed by atoms with van der Waals surface area (Å²) in [6.07, 6.45) is 0. The van der Waals surface area contributed by atoms with E-state index < -0.39 is 20.1 Å². The van der Waals surface area contributed by atoms with E-state index in [1.807, 2.05) is 0 Å². The summed E-state index contributed by atoms with van der Waals surface area (Å²) in [5.74, 6) is 0. The third kappa shape index (κ3) is 2.20. The van der Waals surface area contributed by atoms with Crippen molar-refractivity contribution in [2.75, 3.05) is 0 Å². The summed E-state index contributed by atoms with van der Waals surface area (Å²) in [5.41, 5.74) is 0. The lowest BCUT2D eigenvalue weighted by atomic mass is 11.1. The first kappa shape index (κ1) is 8.05. The molecule has 0 aliphatic heterocycles. The highest BCUT2D eigenvalue weighted by Crippen LogP contribution is 1.98. The van der Waals surface area contributed by atoms with Crippen LogP contribution in [0.15, 0.2) is 11.6 Å². The maximum Gasteiger partial charge on any atom is 0.378 e. The fraction of sp³-hybridized carbons (Fsp3) is 0. The van der Waals surface area contributed by atoms with Crippen LogP contribution >= 0.6 is 0 Å². The topological polar surface area (TPSA) is 97.5 Å². The first-order valence-corrected chi connectivity index (χ1v) is 3.10. The van der Waals surface area contributed by atoms with Crippen molar-refractivity contribution in [2.45, 2.75) is 0 Å². The molecule has 0 aromatic heterocycles. The van der Waals surface area contributed by atoms with Crippen LogP contribution in [0.2, 0.25) is 0 Å². The van der Waals surface area contributed by atoms with Crippen molar-refractivity contribution in [3.8, 4) is 0 Å². The average molecular weight is 153 g/mol. The SMILES string of the molecule is C=C([N+](=O)[O-])S(=O)(=O)O. The predicted molar refractivity (Wildman–Crippen MR) is 27.7 cm³/mol. The van der Waals surface area contributed by atoms with Crippen molar-refractivity contribution >= 4 is 10.1 Å². The second-order valence-corrected chi connectivity index (χ2v) is 2.55. The minimum Gasteiger partial charge on any atom is -0.277 e. The molecule has 1 N–H and O–H groups in total. The summed E-state index contributed by atoms with van der Waals surface area (Å²) in [7, 11) is -4.70. The molecule has 0 aliphatic carbocycles. The molecule has 9 heavy (non-hydrogen) atoms. The zero-order valence-electron chi connectivity index (χ0n) is 4.14. The summed E-state index contributed by atoms with van der Waals surface area (Å²) in [6.45, 7) is 2.49. The Kier molecular flexibility index (Phi) is 1.89. The van der Waals surface area contributed by atoms with Gasteiger partial charge in [0, 0.05) is 0 Å². The lowest BCUT2D eigenvalue weighted by Gasteiger charge is -1.87. The molecular weight excluding hydrogens is 150 g/mol. The van der Waals surface area contributed by atoms with Crippen molar-refractivity contribution < 1.29 is 17.9 Å². The Morgan fingerprint density at radius 1 is 1.67 bits per heavy atom. The van der Waals surface area contributed by atoms with Crippen molar-refractivity contribution in [1.29, 1.82) is 0 Å². The van der Waals surface area contributed by atoms with Gasteiger partial charge in [-0.05, 0) is 6.58 Å². The van der Waals surface area contributed by atoms with E-state index in [9.17, 15) is 18.5 Å². The Labute approximate surface area is 50.7 Å². The van der Waals surface area contributed by atoms with Gasteiger partial charge in [-0.1, -0.05) is 0 Å². The van der Waals surface area contributed by atoms with E-state index in [1.54, 1.807) is 0 Å². The van der Waals surface area contributed by atoms with Crippen molar-refractivity contribution in [2.24, 2.45) is 0 Å². The predicted octanol–water partition coefficient (Wildman–Crippen LogP) is -0.378. The summed E-state index contributed by atoms with van der Waals surface area (Å²) >= 11 is 0. The van der Waals surface area contributed by atoms with Gasteiger partial charge in [-0.25, -0.2) is 0 Å². The Balaban J connectivity index is 4.66. The van der Waals surface area contributed by atoms with Gasteiger partial charge >= 0.3 is 15.1 Å². The third-order valence-electron chi connectivity index (χ3n) is 0.501. The highest BCUT2D eigenvalue weighted by Gasteiger charge is 2.22. The summed E-state index contributed by atoms with van der Waals surface area (Å²) in [4.78, 5) is 8.23. The van der Waals surface area contributed by atoms with E-state index in [0.717, 1.165) is 0 Å². The lowest BCUT2D eigenvalue weighted by Crippen LogP contribution is -2.08. The Morgan fingerprint density at radius 2 is 2.00 bits per heavy atom. The molecule has 0 saturated heterocycles. The molecule has 0 fully saturated rings. The zero-order chi connectivity index (χ0) is 7.65. The molecule has 0 rings (SSSR count). The van der Waals surface area contributed by atoms with Crippen molar-refractivity contribution in [3.63, 3.8) is 0 Å². The molecule has 7 heteroatoms. The highest BCUT2D eigenvalue weighted by molar-refractivity contribution is 7.89. The van der Waals surface area contributed by atoms with Gasteiger partial charge in [0.05, 0.1) is 4.92 Å². The fourth-order valence-corrected chi connectivity index (χ4v) is 0.283. The number of rotatable bonds is 2. The molecule has 0 atom stereocenters. The molecule has 0 radical (unpaired) electrons.